The summed E-state index contributed by atoms with van der Waals surface area (Å²) in [6, 6.07) is 16.2. The molecule has 3 aliphatic rings. The molecule has 0 aromatic heterocycles. The van der Waals surface area contributed by atoms with Crippen LogP contribution in [0, 0.1) is 0 Å². The van der Waals surface area contributed by atoms with E-state index in [1.54, 1.807) is 25.3 Å². The summed E-state index contributed by atoms with van der Waals surface area (Å²) in [5, 5.41) is 0. The van der Waals surface area contributed by atoms with Crippen LogP contribution in [0.15, 0.2) is 60.4 Å². The third kappa shape index (κ3) is 3.20. The highest BCUT2D eigenvalue weighted by Crippen LogP contribution is 2.50. The van der Waals surface area contributed by atoms with E-state index < -0.39 is 0 Å². The normalized spacial score (nSPS) is 19.1. The highest BCUT2D eigenvalue weighted by atomic mass is 16.7. The third-order valence-corrected chi connectivity index (χ3v) is 5.99. The minimum atomic E-state index is -0.348. The van der Waals surface area contributed by atoms with Crippen molar-refractivity contribution in [1.82, 2.24) is 0 Å². The van der Waals surface area contributed by atoms with Gasteiger partial charge < -0.3 is 23.7 Å². The Hall–Kier alpha value is -4.26. The van der Waals surface area contributed by atoms with Crippen LogP contribution in [0.3, 0.4) is 0 Å². The number of ether oxygens (including phenoxy) is 5. The van der Waals surface area contributed by atoms with Gasteiger partial charge in [0.1, 0.15) is 17.2 Å². The van der Waals surface area contributed by atoms with Crippen molar-refractivity contribution >= 4 is 17.8 Å². The summed E-state index contributed by atoms with van der Waals surface area (Å²) in [6.45, 7) is 0.161. The number of carbonyl (C=O) groups excluding carboxylic acids is 2. The number of Topliss-reactive ketones (excluding diaryl/α,β-unsaturated/α-hetero) is 1. The lowest BCUT2D eigenvalue weighted by atomic mass is 9.84. The topological polar surface area (TPSA) is 80.3 Å². The average Bonchev–Trinajstić information content (AvgIpc) is 3.43. The second-order valence-electron chi connectivity index (χ2n) is 7.91. The molecule has 0 saturated carbocycles. The standard InChI is InChI=1S/C26H18O7/c1-29-16-5-2-14(3-6-16)10-22-25(28)17-7-9-20-24(26(17)33-22)18(12-23(27)32-20)15-4-8-19-21(11-15)31-13-30-19/h2-11,18H,12-13H2,1H3. The fourth-order valence-corrected chi connectivity index (χ4v) is 4.37. The van der Waals surface area contributed by atoms with Gasteiger partial charge in [-0.2, -0.15) is 0 Å². The van der Waals surface area contributed by atoms with E-state index in [2.05, 4.69) is 0 Å². The van der Waals surface area contributed by atoms with Crippen LogP contribution < -0.4 is 23.7 Å². The number of carbonyl (C=O) groups is 2. The predicted octanol–water partition coefficient (Wildman–Crippen LogP) is 4.48. The largest absolute Gasteiger partial charge is 0.497 e. The molecule has 0 amide bonds. The number of allylic oxidation sites excluding steroid dienone is 1. The van der Waals surface area contributed by atoms with Crippen LogP contribution >= 0.6 is 0 Å². The van der Waals surface area contributed by atoms with Gasteiger partial charge in [-0.05, 0) is 53.6 Å². The molecule has 0 fully saturated rings. The van der Waals surface area contributed by atoms with Crippen molar-refractivity contribution in [2.75, 3.05) is 13.9 Å². The Kier molecular flexibility index (Phi) is 4.36. The Balaban J connectivity index is 1.42. The van der Waals surface area contributed by atoms with Crippen molar-refractivity contribution in [2.45, 2.75) is 12.3 Å². The molecule has 3 aromatic rings. The summed E-state index contributed by atoms with van der Waals surface area (Å²) in [7, 11) is 1.60. The molecule has 3 heterocycles. The number of methoxy groups -OCH3 is 1. The van der Waals surface area contributed by atoms with Crippen molar-refractivity contribution < 1.29 is 33.3 Å². The maximum Gasteiger partial charge on any atom is 0.312 e. The molecule has 6 rings (SSSR count). The molecule has 0 radical (unpaired) electrons. The second-order valence-corrected chi connectivity index (χ2v) is 7.91. The van der Waals surface area contributed by atoms with Crippen molar-refractivity contribution in [3.8, 4) is 28.7 Å². The number of benzene rings is 3. The molecule has 164 valence electrons. The van der Waals surface area contributed by atoms with E-state index in [0.29, 0.717) is 34.1 Å². The summed E-state index contributed by atoms with van der Waals surface area (Å²) < 4.78 is 27.7. The third-order valence-electron chi connectivity index (χ3n) is 5.99. The lowest BCUT2D eigenvalue weighted by Crippen LogP contribution is -2.21. The van der Waals surface area contributed by atoms with Crippen LogP contribution in [0.5, 0.6) is 28.7 Å². The van der Waals surface area contributed by atoms with Crippen molar-refractivity contribution in [2.24, 2.45) is 0 Å². The fraction of sp³-hybridized carbons (Fsp3) is 0.154. The second kappa shape index (κ2) is 7.41. The molecule has 0 aliphatic carbocycles. The Labute approximate surface area is 189 Å². The van der Waals surface area contributed by atoms with Gasteiger partial charge in [-0.1, -0.05) is 18.2 Å². The molecule has 1 unspecified atom stereocenters. The first-order chi connectivity index (χ1) is 16.1. The summed E-state index contributed by atoms with van der Waals surface area (Å²) in [4.78, 5) is 25.5. The van der Waals surface area contributed by atoms with Gasteiger partial charge in [-0.15, -0.1) is 0 Å². The van der Waals surface area contributed by atoms with E-state index in [1.165, 1.54) is 0 Å². The molecule has 7 nitrogen and oxygen atoms in total. The van der Waals surface area contributed by atoms with Gasteiger partial charge in [-0.3, -0.25) is 9.59 Å². The molecule has 0 bridgehead atoms. The van der Waals surface area contributed by atoms with E-state index in [1.807, 2.05) is 42.5 Å². The van der Waals surface area contributed by atoms with Gasteiger partial charge in [0.15, 0.2) is 17.3 Å². The zero-order valence-electron chi connectivity index (χ0n) is 17.6. The summed E-state index contributed by atoms with van der Waals surface area (Å²) >= 11 is 0. The number of esters is 1. The zero-order chi connectivity index (χ0) is 22.5. The Morgan fingerprint density at radius 2 is 1.70 bits per heavy atom. The number of hydrogen-bond donors (Lipinski definition) is 0. The molecule has 0 spiro atoms. The van der Waals surface area contributed by atoms with Gasteiger partial charge in [-0.25, -0.2) is 0 Å². The zero-order valence-corrected chi connectivity index (χ0v) is 17.6. The molecule has 3 aliphatic heterocycles. The Morgan fingerprint density at radius 1 is 0.909 bits per heavy atom. The molecular formula is C26H18O7. The molecule has 1 atom stereocenters. The Bertz CT molecular complexity index is 1340. The van der Waals surface area contributed by atoms with Crippen molar-refractivity contribution in [3.05, 3.63) is 82.6 Å². The monoisotopic (exact) mass is 442 g/mol. The number of rotatable bonds is 3. The van der Waals surface area contributed by atoms with Crippen LogP contribution in [-0.2, 0) is 4.79 Å². The van der Waals surface area contributed by atoms with Crippen LogP contribution in [0.4, 0.5) is 0 Å². The van der Waals surface area contributed by atoms with Crippen LogP contribution in [-0.4, -0.2) is 25.7 Å². The van der Waals surface area contributed by atoms with Gasteiger partial charge >= 0.3 is 5.97 Å². The van der Waals surface area contributed by atoms with Gasteiger partial charge in [0.2, 0.25) is 12.6 Å². The van der Waals surface area contributed by atoms with Crippen molar-refractivity contribution in [1.29, 1.82) is 0 Å². The Morgan fingerprint density at radius 3 is 2.52 bits per heavy atom. The first-order valence-electron chi connectivity index (χ1n) is 10.5. The van der Waals surface area contributed by atoms with Crippen molar-refractivity contribution in [3.63, 3.8) is 0 Å². The average molecular weight is 442 g/mol. The minimum absolute atomic E-state index is 0.123. The quantitative estimate of drug-likeness (QED) is 0.336. The molecular weight excluding hydrogens is 424 g/mol. The molecule has 0 saturated heterocycles. The maximum atomic E-state index is 13.1. The lowest BCUT2D eigenvalue weighted by Gasteiger charge is -2.26. The van der Waals surface area contributed by atoms with E-state index in [9.17, 15) is 9.59 Å². The first kappa shape index (κ1) is 19.4. The number of fused-ring (bicyclic) bond motifs is 4. The van der Waals surface area contributed by atoms with E-state index in [0.717, 1.165) is 16.9 Å². The van der Waals surface area contributed by atoms with E-state index in [4.69, 9.17) is 23.7 Å². The van der Waals surface area contributed by atoms with Gasteiger partial charge in [0.25, 0.3) is 0 Å². The predicted molar refractivity (Wildman–Crippen MR) is 117 cm³/mol. The molecule has 33 heavy (non-hydrogen) atoms. The highest BCUT2D eigenvalue weighted by Gasteiger charge is 2.38. The SMILES string of the molecule is COc1ccc(C=C2Oc3c(ccc4c3C(c3ccc5c(c3)OCO5)CC(=O)O4)C2=O)cc1. The number of ketones is 1. The molecule has 3 aromatic carbocycles. The minimum Gasteiger partial charge on any atom is -0.497 e. The molecule has 0 N–H and O–H groups in total. The number of hydrogen-bond acceptors (Lipinski definition) is 7. The molecule has 7 heteroatoms. The maximum absolute atomic E-state index is 13.1. The lowest BCUT2D eigenvalue weighted by molar-refractivity contribution is -0.135. The summed E-state index contributed by atoms with van der Waals surface area (Å²) in [5.41, 5.74) is 2.78. The van der Waals surface area contributed by atoms with Crippen LogP contribution in [0.25, 0.3) is 6.08 Å². The van der Waals surface area contributed by atoms with E-state index in [-0.39, 0.29) is 36.6 Å². The van der Waals surface area contributed by atoms with Crippen LogP contribution in [0.2, 0.25) is 0 Å². The highest BCUT2D eigenvalue weighted by molar-refractivity contribution is 6.15. The van der Waals surface area contributed by atoms with Gasteiger partial charge in [0.05, 0.1) is 19.1 Å². The van der Waals surface area contributed by atoms with Crippen LogP contribution in [0.1, 0.15) is 39.4 Å². The smallest absolute Gasteiger partial charge is 0.312 e. The summed E-state index contributed by atoms with van der Waals surface area (Å²) in [6.07, 6.45) is 1.82. The summed E-state index contributed by atoms with van der Waals surface area (Å²) in [5.74, 6) is 2.13. The first-order valence-corrected chi connectivity index (χ1v) is 10.5. The van der Waals surface area contributed by atoms with Gasteiger partial charge in [0, 0.05) is 11.5 Å². The van der Waals surface area contributed by atoms with E-state index >= 15 is 0 Å². The fourth-order valence-electron chi connectivity index (χ4n) is 4.37.